The molecule has 1 aromatic rings. The summed E-state index contributed by atoms with van der Waals surface area (Å²) in [5.74, 6) is 1.12. The lowest BCUT2D eigenvalue weighted by molar-refractivity contribution is 0.0302. The number of pyridine rings is 1. The summed E-state index contributed by atoms with van der Waals surface area (Å²) in [5.41, 5.74) is 1.16. The fourth-order valence-electron chi connectivity index (χ4n) is 3.08. The van der Waals surface area contributed by atoms with Gasteiger partial charge < -0.3 is 15.0 Å². The molecule has 0 amide bonds. The van der Waals surface area contributed by atoms with Gasteiger partial charge in [0.15, 0.2) is 0 Å². The van der Waals surface area contributed by atoms with Gasteiger partial charge in [0.05, 0.1) is 17.9 Å². The van der Waals surface area contributed by atoms with Gasteiger partial charge in [-0.2, -0.15) is 0 Å². The van der Waals surface area contributed by atoms with Gasteiger partial charge in [0, 0.05) is 25.7 Å². The number of fused-ring (bicyclic) bond motifs is 2. The molecule has 0 spiro atoms. The van der Waals surface area contributed by atoms with Crippen LogP contribution < -0.4 is 10.2 Å². The highest BCUT2D eigenvalue weighted by molar-refractivity contribution is 5.40. The second-order valence-corrected chi connectivity index (χ2v) is 6.00. The SMILES string of the molecule is c1cc(CNC2CC2)nc(N2CC3CCC(C2)O3)c1. The third kappa shape index (κ3) is 2.60. The summed E-state index contributed by atoms with van der Waals surface area (Å²) in [6, 6.07) is 7.12. The van der Waals surface area contributed by atoms with Crippen LogP contribution in [0.2, 0.25) is 0 Å². The first-order valence-corrected chi connectivity index (χ1v) is 7.46. The summed E-state index contributed by atoms with van der Waals surface area (Å²) in [7, 11) is 0. The predicted octanol–water partition coefficient (Wildman–Crippen LogP) is 1.70. The molecule has 3 fully saturated rings. The number of anilines is 1. The smallest absolute Gasteiger partial charge is 0.129 e. The van der Waals surface area contributed by atoms with Crippen molar-refractivity contribution in [1.29, 1.82) is 0 Å². The van der Waals surface area contributed by atoms with Gasteiger partial charge in [0.1, 0.15) is 5.82 Å². The van der Waals surface area contributed by atoms with Gasteiger partial charge in [0.25, 0.3) is 0 Å². The zero-order valence-corrected chi connectivity index (χ0v) is 11.2. The second kappa shape index (κ2) is 4.76. The standard InChI is InChI=1S/C15H21N3O/c1-2-12(8-16-11-4-5-11)17-15(3-1)18-9-13-6-7-14(10-18)19-13/h1-3,11,13-14,16H,4-10H2. The average Bonchev–Trinajstić information content (AvgIpc) is 3.22. The van der Waals surface area contributed by atoms with E-state index in [-0.39, 0.29) is 0 Å². The van der Waals surface area contributed by atoms with E-state index in [1.54, 1.807) is 0 Å². The maximum absolute atomic E-state index is 5.88. The van der Waals surface area contributed by atoms with Crippen molar-refractivity contribution < 1.29 is 4.74 Å². The summed E-state index contributed by atoms with van der Waals surface area (Å²) in [6.07, 6.45) is 5.93. The molecule has 2 aliphatic heterocycles. The van der Waals surface area contributed by atoms with Crippen molar-refractivity contribution in [1.82, 2.24) is 10.3 Å². The zero-order valence-electron chi connectivity index (χ0n) is 11.2. The first-order chi connectivity index (χ1) is 9.37. The lowest BCUT2D eigenvalue weighted by atomic mass is 10.2. The van der Waals surface area contributed by atoms with Crippen molar-refractivity contribution in [2.75, 3.05) is 18.0 Å². The Morgan fingerprint density at radius 2 is 1.95 bits per heavy atom. The first-order valence-electron chi connectivity index (χ1n) is 7.46. The zero-order chi connectivity index (χ0) is 12.7. The number of nitrogens with zero attached hydrogens (tertiary/aromatic N) is 2. The van der Waals surface area contributed by atoms with Crippen molar-refractivity contribution in [3.63, 3.8) is 0 Å². The maximum Gasteiger partial charge on any atom is 0.129 e. The third-order valence-corrected chi connectivity index (χ3v) is 4.31. The molecule has 3 heterocycles. The molecule has 1 N–H and O–H groups in total. The van der Waals surface area contributed by atoms with Crippen LogP contribution in [0.1, 0.15) is 31.4 Å². The lowest BCUT2D eigenvalue weighted by Crippen LogP contribution is -2.43. The molecule has 2 saturated heterocycles. The van der Waals surface area contributed by atoms with Crippen molar-refractivity contribution in [2.45, 2.75) is 50.5 Å². The van der Waals surface area contributed by atoms with Crippen LogP contribution in [0.5, 0.6) is 0 Å². The van der Waals surface area contributed by atoms with Gasteiger partial charge in [0.2, 0.25) is 0 Å². The van der Waals surface area contributed by atoms with Gasteiger partial charge >= 0.3 is 0 Å². The minimum Gasteiger partial charge on any atom is -0.371 e. The fraction of sp³-hybridized carbons (Fsp3) is 0.667. The molecule has 1 aliphatic carbocycles. The summed E-state index contributed by atoms with van der Waals surface area (Å²) in [6.45, 7) is 2.90. The minimum atomic E-state index is 0.425. The van der Waals surface area contributed by atoms with Crippen molar-refractivity contribution in [3.05, 3.63) is 23.9 Å². The Morgan fingerprint density at radius 3 is 2.68 bits per heavy atom. The van der Waals surface area contributed by atoms with E-state index in [4.69, 9.17) is 9.72 Å². The molecule has 0 aromatic carbocycles. The van der Waals surface area contributed by atoms with E-state index < -0.39 is 0 Å². The van der Waals surface area contributed by atoms with Crippen LogP contribution in [0.4, 0.5) is 5.82 Å². The molecule has 19 heavy (non-hydrogen) atoms. The van der Waals surface area contributed by atoms with Gasteiger partial charge in [-0.15, -0.1) is 0 Å². The summed E-state index contributed by atoms with van der Waals surface area (Å²) in [4.78, 5) is 7.20. The Labute approximate surface area is 114 Å². The van der Waals surface area contributed by atoms with Crippen LogP contribution in [-0.4, -0.2) is 36.3 Å². The van der Waals surface area contributed by atoms with Crippen LogP contribution in [0.15, 0.2) is 18.2 Å². The quantitative estimate of drug-likeness (QED) is 0.893. The van der Waals surface area contributed by atoms with Crippen LogP contribution in [-0.2, 0) is 11.3 Å². The molecule has 4 heteroatoms. The van der Waals surface area contributed by atoms with Gasteiger partial charge in [-0.3, -0.25) is 0 Å². The number of hydrogen-bond acceptors (Lipinski definition) is 4. The fourth-order valence-corrected chi connectivity index (χ4v) is 3.08. The van der Waals surface area contributed by atoms with E-state index in [1.807, 2.05) is 0 Å². The number of rotatable bonds is 4. The molecule has 2 unspecified atom stereocenters. The Morgan fingerprint density at radius 1 is 1.16 bits per heavy atom. The maximum atomic E-state index is 5.88. The molecular formula is C15H21N3O. The molecule has 102 valence electrons. The summed E-state index contributed by atoms with van der Waals surface area (Å²) < 4.78 is 5.88. The topological polar surface area (TPSA) is 37.4 Å². The van der Waals surface area contributed by atoms with E-state index >= 15 is 0 Å². The van der Waals surface area contributed by atoms with Crippen molar-refractivity contribution in [2.24, 2.45) is 0 Å². The molecule has 3 aliphatic rings. The third-order valence-electron chi connectivity index (χ3n) is 4.31. The molecule has 4 rings (SSSR count). The molecule has 2 atom stereocenters. The highest BCUT2D eigenvalue weighted by Gasteiger charge is 2.34. The Balaban J connectivity index is 1.46. The van der Waals surface area contributed by atoms with E-state index in [1.165, 1.54) is 25.7 Å². The molecule has 1 saturated carbocycles. The van der Waals surface area contributed by atoms with Gasteiger partial charge in [-0.25, -0.2) is 4.98 Å². The Kier molecular flexibility index (Phi) is 2.93. The molecule has 0 radical (unpaired) electrons. The number of aromatic nitrogens is 1. The Bertz CT molecular complexity index is 448. The van der Waals surface area contributed by atoms with E-state index in [2.05, 4.69) is 28.4 Å². The number of nitrogens with one attached hydrogen (secondary N) is 1. The van der Waals surface area contributed by atoms with Crippen LogP contribution >= 0.6 is 0 Å². The molecular weight excluding hydrogens is 238 g/mol. The molecule has 4 nitrogen and oxygen atoms in total. The van der Waals surface area contributed by atoms with Gasteiger partial charge in [-0.1, -0.05) is 6.07 Å². The van der Waals surface area contributed by atoms with Crippen molar-refractivity contribution in [3.8, 4) is 0 Å². The molecule has 1 aromatic heterocycles. The Hall–Kier alpha value is -1.13. The van der Waals surface area contributed by atoms with Crippen LogP contribution in [0.25, 0.3) is 0 Å². The summed E-state index contributed by atoms with van der Waals surface area (Å²) in [5, 5.41) is 3.53. The molecule has 2 bridgehead atoms. The van der Waals surface area contributed by atoms with E-state index in [0.717, 1.165) is 37.2 Å². The number of morpholine rings is 1. The highest BCUT2D eigenvalue weighted by atomic mass is 16.5. The predicted molar refractivity (Wildman–Crippen MR) is 74.2 cm³/mol. The van der Waals surface area contributed by atoms with Crippen LogP contribution in [0.3, 0.4) is 0 Å². The summed E-state index contributed by atoms with van der Waals surface area (Å²) >= 11 is 0. The van der Waals surface area contributed by atoms with E-state index in [0.29, 0.717) is 12.2 Å². The second-order valence-electron chi connectivity index (χ2n) is 6.00. The van der Waals surface area contributed by atoms with Crippen molar-refractivity contribution >= 4 is 5.82 Å². The minimum absolute atomic E-state index is 0.425. The largest absolute Gasteiger partial charge is 0.371 e. The van der Waals surface area contributed by atoms with Crippen LogP contribution in [0, 0.1) is 0 Å². The van der Waals surface area contributed by atoms with Gasteiger partial charge in [-0.05, 0) is 37.8 Å². The van der Waals surface area contributed by atoms with E-state index in [9.17, 15) is 0 Å². The lowest BCUT2D eigenvalue weighted by Gasteiger charge is -2.33. The average molecular weight is 259 g/mol. The normalized spacial score (nSPS) is 29.8. The highest BCUT2D eigenvalue weighted by Crippen LogP contribution is 2.28. The first kappa shape index (κ1) is 11.7. The monoisotopic (exact) mass is 259 g/mol. The number of ether oxygens (including phenoxy) is 1. The number of hydrogen-bond donors (Lipinski definition) is 1.